The lowest BCUT2D eigenvalue weighted by Gasteiger charge is -2.14. The average molecular weight is 503 g/mol. The Morgan fingerprint density at radius 1 is 0.903 bits per heavy atom. The maximum Gasteiger partial charge on any atom is 0.328 e. The Balaban J connectivity index is 1.70. The molecule has 0 unspecified atom stereocenters. The monoisotopic (exact) mass is 501 g/mol. The van der Waals surface area contributed by atoms with Gasteiger partial charge in [-0.2, -0.15) is 0 Å². The summed E-state index contributed by atoms with van der Waals surface area (Å²) in [4.78, 5) is 46.8. The molecule has 0 aliphatic carbocycles. The summed E-state index contributed by atoms with van der Waals surface area (Å²) >= 11 is 24.1. The number of rotatable bonds is 5. The van der Waals surface area contributed by atoms with Crippen molar-refractivity contribution < 1.29 is 23.9 Å². The largest absolute Gasteiger partial charge is 0.481 e. The molecule has 12 heteroatoms. The molecule has 0 aromatic heterocycles. The van der Waals surface area contributed by atoms with Crippen LogP contribution in [0.4, 0.5) is 10.5 Å². The highest BCUT2D eigenvalue weighted by molar-refractivity contribution is 6.42. The number of anilines is 1. The Labute approximate surface area is 195 Å². The summed E-state index contributed by atoms with van der Waals surface area (Å²) in [5.41, 5.74) is 0.420. The summed E-state index contributed by atoms with van der Waals surface area (Å²) in [6.45, 7) is -0.410. The first-order valence-corrected chi connectivity index (χ1v) is 9.90. The molecule has 1 fully saturated rings. The van der Waals surface area contributed by atoms with Gasteiger partial charge in [-0.15, -0.1) is 0 Å². The van der Waals surface area contributed by atoms with Crippen molar-refractivity contribution in [3.05, 3.63) is 61.6 Å². The number of imide groups is 2. The maximum atomic E-state index is 12.1. The van der Waals surface area contributed by atoms with Crippen LogP contribution in [0.3, 0.4) is 0 Å². The predicted molar refractivity (Wildman–Crippen MR) is 117 cm³/mol. The SMILES string of the molecule is O=C(COc1c(Cl)cc(C=C2C(=O)NC(=O)NC2=O)cc1Cl)Nc1ccc(Cl)c(Cl)c1. The van der Waals surface area contributed by atoms with Gasteiger partial charge in [0, 0.05) is 5.69 Å². The van der Waals surface area contributed by atoms with E-state index in [1.807, 2.05) is 10.6 Å². The lowest BCUT2D eigenvalue weighted by Crippen LogP contribution is -2.51. The Morgan fingerprint density at radius 2 is 1.52 bits per heavy atom. The van der Waals surface area contributed by atoms with Gasteiger partial charge in [0.15, 0.2) is 12.4 Å². The van der Waals surface area contributed by atoms with Crippen LogP contribution in [0.1, 0.15) is 5.56 Å². The molecule has 1 saturated heterocycles. The summed E-state index contributed by atoms with van der Waals surface area (Å²) in [6.07, 6.45) is 1.20. The first-order chi connectivity index (χ1) is 14.6. The van der Waals surface area contributed by atoms with Crippen LogP contribution < -0.4 is 20.7 Å². The Bertz CT molecular complexity index is 1100. The zero-order valence-electron chi connectivity index (χ0n) is 15.2. The predicted octanol–water partition coefficient (Wildman–Crippen LogP) is 4.07. The summed E-state index contributed by atoms with van der Waals surface area (Å²) in [5.74, 6) is -2.19. The number of amides is 5. The molecule has 0 atom stereocenters. The molecule has 0 radical (unpaired) electrons. The Hall–Kier alpha value is -2.78. The van der Waals surface area contributed by atoms with Gasteiger partial charge in [0.1, 0.15) is 5.57 Å². The van der Waals surface area contributed by atoms with Crippen molar-refractivity contribution >= 4 is 81.9 Å². The van der Waals surface area contributed by atoms with Crippen LogP contribution in [-0.2, 0) is 14.4 Å². The van der Waals surface area contributed by atoms with Crippen molar-refractivity contribution in [2.24, 2.45) is 0 Å². The van der Waals surface area contributed by atoms with Gasteiger partial charge in [0.25, 0.3) is 17.7 Å². The minimum absolute atomic E-state index is 0.0301. The molecule has 5 amide bonds. The van der Waals surface area contributed by atoms with E-state index in [0.29, 0.717) is 16.3 Å². The highest BCUT2D eigenvalue weighted by Crippen LogP contribution is 2.35. The number of barbiturate groups is 1. The second kappa shape index (κ2) is 9.57. The van der Waals surface area contributed by atoms with Gasteiger partial charge in [0.05, 0.1) is 20.1 Å². The van der Waals surface area contributed by atoms with Crippen molar-refractivity contribution in [1.82, 2.24) is 10.6 Å². The van der Waals surface area contributed by atoms with Crippen LogP contribution in [0.5, 0.6) is 5.75 Å². The normalized spacial score (nSPS) is 13.4. The van der Waals surface area contributed by atoms with Crippen LogP contribution in [0.15, 0.2) is 35.9 Å². The zero-order valence-corrected chi connectivity index (χ0v) is 18.2. The fourth-order valence-electron chi connectivity index (χ4n) is 2.48. The fourth-order valence-corrected chi connectivity index (χ4v) is 3.39. The molecule has 8 nitrogen and oxygen atoms in total. The van der Waals surface area contributed by atoms with E-state index < -0.39 is 30.4 Å². The standard InChI is InChI=1S/C19H11Cl4N3O5/c20-11-2-1-9(6-12(11)21)24-15(27)7-31-16-13(22)4-8(5-14(16)23)3-10-17(28)25-19(30)26-18(10)29/h1-6H,7H2,(H,24,27)(H2,25,26,28,29,30). The lowest BCUT2D eigenvalue weighted by molar-refractivity contribution is -0.124. The van der Waals surface area contributed by atoms with Crippen LogP contribution in [0.2, 0.25) is 20.1 Å². The number of ether oxygens (including phenoxy) is 1. The number of hydrogen-bond donors (Lipinski definition) is 3. The fraction of sp³-hybridized carbons (Fsp3) is 0.0526. The average Bonchev–Trinajstić information content (AvgIpc) is 2.67. The highest BCUT2D eigenvalue weighted by atomic mass is 35.5. The third-order valence-corrected chi connectivity index (χ3v) is 5.13. The second-order valence-corrected chi connectivity index (χ2v) is 7.70. The van der Waals surface area contributed by atoms with E-state index >= 15 is 0 Å². The van der Waals surface area contributed by atoms with Crippen LogP contribution in [0, 0.1) is 0 Å². The molecule has 2 aromatic carbocycles. The molecule has 31 heavy (non-hydrogen) atoms. The number of hydrogen-bond acceptors (Lipinski definition) is 5. The van der Waals surface area contributed by atoms with Gasteiger partial charge in [-0.05, 0) is 42.0 Å². The van der Waals surface area contributed by atoms with Crippen molar-refractivity contribution in [3.63, 3.8) is 0 Å². The second-order valence-electron chi connectivity index (χ2n) is 6.07. The maximum absolute atomic E-state index is 12.1. The van der Waals surface area contributed by atoms with Gasteiger partial charge >= 0.3 is 6.03 Å². The summed E-state index contributed by atoms with van der Waals surface area (Å²) in [5, 5.41) is 7.18. The van der Waals surface area contributed by atoms with E-state index in [0.717, 1.165) is 0 Å². The van der Waals surface area contributed by atoms with Gasteiger partial charge in [-0.1, -0.05) is 46.4 Å². The molecule has 1 heterocycles. The molecule has 1 aliphatic heterocycles. The third-order valence-electron chi connectivity index (χ3n) is 3.83. The van der Waals surface area contributed by atoms with E-state index in [1.165, 1.54) is 30.3 Å². The first-order valence-electron chi connectivity index (χ1n) is 8.39. The molecule has 0 bridgehead atoms. The van der Waals surface area contributed by atoms with E-state index in [1.54, 1.807) is 6.07 Å². The molecule has 3 N–H and O–H groups in total. The highest BCUT2D eigenvalue weighted by Gasteiger charge is 2.27. The molecule has 0 saturated carbocycles. The van der Waals surface area contributed by atoms with Crippen LogP contribution in [-0.4, -0.2) is 30.4 Å². The third kappa shape index (κ3) is 5.68. The van der Waals surface area contributed by atoms with E-state index in [4.69, 9.17) is 51.1 Å². The van der Waals surface area contributed by atoms with E-state index in [9.17, 15) is 19.2 Å². The lowest BCUT2D eigenvalue weighted by atomic mass is 10.1. The zero-order chi connectivity index (χ0) is 22.7. The number of carbonyl (C=O) groups excluding carboxylic acids is 4. The van der Waals surface area contributed by atoms with Gasteiger partial charge in [0.2, 0.25) is 0 Å². The molecular weight excluding hydrogens is 492 g/mol. The topological polar surface area (TPSA) is 114 Å². The van der Waals surface area contributed by atoms with Crippen LogP contribution >= 0.6 is 46.4 Å². The van der Waals surface area contributed by atoms with Gasteiger partial charge < -0.3 is 10.1 Å². The molecule has 3 rings (SSSR count). The number of urea groups is 1. The first kappa shape index (κ1) is 22.9. The van der Waals surface area contributed by atoms with E-state index in [2.05, 4.69) is 5.32 Å². The van der Waals surface area contributed by atoms with Gasteiger partial charge in [-0.25, -0.2) is 4.79 Å². The smallest absolute Gasteiger partial charge is 0.328 e. The van der Waals surface area contributed by atoms with Gasteiger partial charge in [-0.3, -0.25) is 25.0 Å². The molecular formula is C19H11Cl4N3O5. The summed E-state index contributed by atoms with van der Waals surface area (Å²) < 4.78 is 5.40. The number of carbonyl (C=O) groups is 4. The van der Waals surface area contributed by atoms with Crippen molar-refractivity contribution in [2.45, 2.75) is 0 Å². The number of benzene rings is 2. The molecule has 1 aliphatic rings. The quantitative estimate of drug-likeness (QED) is 0.421. The van der Waals surface area contributed by atoms with E-state index in [-0.39, 0.29) is 26.4 Å². The summed E-state index contributed by atoms with van der Waals surface area (Å²) in [6, 6.07) is 6.43. The number of halogens is 4. The van der Waals surface area contributed by atoms with Crippen LogP contribution in [0.25, 0.3) is 6.08 Å². The minimum atomic E-state index is -0.911. The van der Waals surface area contributed by atoms with Crippen molar-refractivity contribution in [1.29, 1.82) is 0 Å². The Morgan fingerprint density at radius 3 is 2.10 bits per heavy atom. The number of nitrogens with one attached hydrogen (secondary N) is 3. The molecule has 160 valence electrons. The van der Waals surface area contributed by atoms with Crippen molar-refractivity contribution in [3.8, 4) is 5.75 Å². The minimum Gasteiger partial charge on any atom is -0.481 e. The Kier molecular flexibility index (Phi) is 7.07. The molecule has 0 spiro atoms. The molecule has 2 aromatic rings. The summed E-state index contributed by atoms with van der Waals surface area (Å²) in [7, 11) is 0. The van der Waals surface area contributed by atoms with Crippen molar-refractivity contribution in [2.75, 3.05) is 11.9 Å².